The number of carbonyl (C=O) groups is 3. The molecule has 45 heavy (non-hydrogen) atoms. The van der Waals surface area contributed by atoms with Crippen LogP contribution >= 0.6 is 0 Å². The zero-order valence-electron chi connectivity index (χ0n) is 24.7. The number of aliphatic carboxylic acids is 1. The largest absolute Gasteiger partial charge is 0.490 e. The molecule has 1 aliphatic carbocycles. The van der Waals surface area contributed by atoms with Crippen LogP contribution in [0.25, 0.3) is 0 Å². The van der Waals surface area contributed by atoms with Crippen LogP contribution in [0.4, 0.5) is 22.0 Å². The molecule has 0 aromatic heterocycles. The van der Waals surface area contributed by atoms with Crippen molar-refractivity contribution in [2.75, 3.05) is 13.1 Å². The lowest BCUT2D eigenvalue weighted by Gasteiger charge is -2.40. The number of primary amides is 1. The third kappa shape index (κ3) is 8.78. The highest BCUT2D eigenvalue weighted by Crippen LogP contribution is 2.43. The number of carboxylic acids is 1. The van der Waals surface area contributed by atoms with Crippen LogP contribution in [-0.4, -0.2) is 75.2 Å². The number of hydrogen-bond acceptors (Lipinski definition) is 5. The minimum atomic E-state index is -5.08. The first-order valence-electron chi connectivity index (χ1n) is 15.1. The van der Waals surface area contributed by atoms with Crippen LogP contribution in [0.3, 0.4) is 0 Å². The van der Waals surface area contributed by atoms with Gasteiger partial charge in [0, 0.05) is 42.2 Å². The van der Waals surface area contributed by atoms with E-state index >= 15 is 0 Å². The van der Waals surface area contributed by atoms with Crippen molar-refractivity contribution in [1.82, 2.24) is 9.80 Å². The SMILES string of the molecule is NC(=O)c1cccc(C2CC3CCC(C2)N3CCN(Cc2c(F)cccc2F)C(=O)C2CCC(O)CC2)c1.O=C(O)C(F)(F)F. The Balaban J connectivity index is 0.000000591. The summed E-state index contributed by atoms with van der Waals surface area (Å²) in [6.07, 6.45) is 0.968. The lowest BCUT2D eigenvalue weighted by Crippen LogP contribution is -2.48. The molecule has 2 bridgehead atoms. The predicted octanol–water partition coefficient (Wildman–Crippen LogP) is 4.99. The number of benzene rings is 2. The number of hydrogen-bond donors (Lipinski definition) is 3. The van der Waals surface area contributed by atoms with Gasteiger partial charge >= 0.3 is 12.1 Å². The van der Waals surface area contributed by atoms with E-state index in [0.717, 1.165) is 31.2 Å². The molecule has 2 aromatic rings. The van der Waals surface area contributed by atoms with Gasteiger partial charge in [0.2, 0.25) is 11.8 Å². The first-order valence-corrected chi connectivity index (χ1v) is 15.1. The molecule has 13 heteroatoms. The van der Waals surface area contributed by atoms with Crippen molar-refractivity contribution in [3.8, 4) is 0 Å². The second-order valence-corrected chi connectivity index (χ2v) is 12.0. The fourth-order valence-electron chi connectivity index (χ4n) is 6.82. The molecule has 2 aliphatic heterocycles. The lowest BCUT2D eigenvalue weighted by molar-refractivity contribution is -0.192. The van der Waals surface area contributed by atoms with Gasteiger partial charge in [0.15, 0.2) is 0 Å². The topological polar surface area (TPSA) is 124 Å². The zero-order chi connectivity index (χ0) is 32.9. The molecule has 4 N–H and O–H groups in total. The van der Waals surface area contributed by atoms with Crippen LogP contribution in [-0.2, 0) is 16.1 Å². The van der Waals surface area contributed by atoms with Gasteiger partial charge in [0.05, 0.1) is 12.6 Å². The highest BCUT2D eigenvalue weighted by atomic mass is 19.4. The summed E-state index contributed by atoms with van der Waals surface area (Å²) in [5.41, 5.74) is 7.09. The average Bonchev–Trinajstić information content (AvgIpc) is 3.22. The minimum Gasteiger partial charge on any atom is -0.475 e. The summed E-state index contributed by atoms with van der Waals surface area (Å²) in [4.78, 5) is 38.2. The predicted molar refractivity (Wildman–Crippen MR) is 154 cm³/mol. The first-order chi connectivity index (χ1) is 21.2. The van der Waals surface area contributed by atoms with E-state index in [0.29, 0.717) is 62.3 Å². The van der Waals surface area contributed by atoms with Crippen LogP contribution in [0, 0.1) is 17.6 Å². The minimum absolute atomic E-state index is 0.0762. The molecule has 3 fully saturated rings. The van der Waals surface area contributed by atoms with E-state index in [4.69, 9.17) is 15.6 Å². The summed E-state index contributed by atoms with van der Waals surface area (Å²) in [6, 6.07) is 12.1. The molecule has 2 atom stereocenters. The monoisotopic (exact) mass is 639 g/mol. The summed E-state index contributed by atoms with van der Waals surface area (Å²) < 4.78 is 60.8. The summed E-state index contributed by atoms with van der Waals surface area (Å²) in [6.45, 7) is 0.961. The van der Waals surface area contributed by atoms with E-state index in [1.165, 1.54) is 18.2 Å². The highest BCUT2D eigenvalue weighted by molar-refractivity contribution is 5.92. The lowest BCUT2D eigenvalue weighted by atomic mass is 9.84. The normalized spacial score (nSPS) is 24.8. The molecular formula is C32H38F5N3O5. The molecule has 2 heterocycles. The number of alkyl halides is 3. The molecule has 2 amide bonds. The van der Waals surface area contributed by atoms with E-state index in [1.807, 2.05) is 12.1 Å². The molecule has 1 saturated carbocycles. The second kappa shape index (κ2) is 14.7. The number of rotatable bonds is 8. The Bertz CT molecular complexity index is 1330. The Hall–Kier alpha value is -3.58. The van der Waals surface area contributed by atoms with Gasteiger partial charge in [-0.1, -0.05) is 18.2 Å². The molecule has 2 unspecified atom stereocenters. The number of aliphatic hydroxyl groups excluding tert-OH is 1. The number of carboxylic acid groups (broad SMARTS) is 1. The average molecular weight is 640 g/mol. The van der Waals surface area contributed by atoms with Gasteiger partial charge in [-0.2, -0.15) is 13.2 Å². The third-order valence-electron chi connectivity index (χ3n) is 9.17. The van der Waals surface area contributed by atoms with Gasteiger partial charge in [0.1, 0.15) is 11.6 Å². The van der Waals surface area contributed by atoms with E-state index in [-0.39, 0.29) is 30.0 Å². The zero-order valence-corrected chi connectivity index (χ0v) is 24.7. The molecule has 2 aromatic carbocycles. The number of carbonyl (C=O) groups excluding carboxylic acids is 2. The Morgan fingerprint density at radius 3 is 2.00 bits per heavy atom. The van der Waals surface area contributed by atoms with Crippen molar-refractivity contribution in [2.24, 2.45) is 11.7 Å². The van der Waals surface area contributed by atoms with Gasteiger partial charge in [-0.05, 0) is 87.1 Å². The van der Waals surface area contributed by atoms with Crippen LogP contribution in [0.2, 0.25) is 0 Å². The van der Waals surface area contributed by atoms with E-state index in [9.17, 15) is 36.6 Å². The fourth-order valence-corrected chi connectivity index (χ4v) is 6.82. The van der Waals surface area contributed by atoms with Crippen LogP contribution in [0.15, 0.2) is 42.5 Å². The van der Waals surface area contributed by atoms with Crippen LogP contribution < -0.4 is 5.73 Å². The Morgan fingerprint density at radius 1 is 0.911 bits per heavy atom. The molecule has 246 valence electrons. The molecule has 8 nitrogen and oxygen atoms in total. The number of halogens is 5. The first kappa shape index (κ1) is 34.3. The molecule has 3 aliphatic rings. The Labute approximate surface area is 258 Å². The Kier molecular flexibility index (Phi) is 11.2. The molecule has 5 rings (SSSR count). The maximum absolute atomic E-state index is 14.5. The standard InChI is InChI=1S/C30H37F2N3O3.C2HF3O2/c31-27-5-2-6-28(32)26(27)18-34(30(38)19-7-11-25(36)12-8-19)13-14-35-23-9-10-24(35)17-22(16-23)20-3-1-4-21(15-20)29(33)37;3-2(4,5)1(6)7/h1-6,15,19,22-25,36H,7-14,16-18H2,(H2,33,37);(H,6,7). The number of nitrogens with two attached hydrogens (primary N) is 1. The molecule has 0 radical (unpaired) electrons. The summed E-state index contributed by atoms with van der Waals surface area (Å²) >= 11 is 0. The van der Waals surface area contributed by atoms with E-state index < -0.39 is 29.7 Å². The van der Waals surface area contributed by atoms with Gasteiger partial charge in [0.25, 0.3) is 0 Å². The van der Waals surface area contributed by atoms with Gasteiger partial charge in [-0.25, -0.2) is 13.6 Å². The number of aliphatic hydroxyl groups is 1. The maximum Gasteiger partial charge on any atom is 0.490 e. The van der Waals surface area contributed by atoms with Crippen molar-refractivity contribution < 1.29 is 46.5 Å². The van der Waals surface area contributed by atoms with Gasteiger partial charge in [-0.3, -0.25) is 14.5 Å². The van der Waals surface area contributed by atoms with Crippen molar-refractivity contribution >= 4 is 17.8 Å². The summed E-state index contributed by atoms with van der Waals surface area (Å²) in [5.74, 6) is -4.41. The second-order valence-electron chi connectivity index (χ2n) is 12.0. The van der Waals surface area contributed by atoms with Crippen molar-refractivity contribution in [2.45, 2.75) is 88.2 Å². The van der Waals surface area contributed by atoms with E-state index in [1.54, 1.807) is 11.0 Å². The number of piperidine rings is 1. The van der Waals surface area contributed by atoms with Crippen molar-refractivity contribution in [3.63, 3.8) is 0 Å². The van der Waals surface area contributed by atoms with Crippen LogP contribution in [0.5, 0.6) is 0 Å². The smallest absolute Gasteiger partial charge is 0.475 e. The van der Waals surface area contributed by atoms with Crippen molar-refractivity contribution in [3.05, 3.63) is 70.8 Å². The fraction of sp³-hybridized carbons (Fsp3) is 0.531. The molecule has 2 saturated heterocycles. The molecular weight excluding hydrogens is 601 g/mol. The third-order valence-corrected chi connectivity index (χ3v) is 9.17. The maximum atomic E-state index is 14.5. The quantitative estimate of drug-likeness (QED) is 0.350. The number of fused-ring (bicyclic) bond motifs is 2. The molecule has 0 spiro atoms. The summed E-state index contributed by atoms with van der Waals surface area (Å²) in [5, 5.41) is 17.0. The van der Waals surface area contributed by atoms with Crippen molar-refractivity contribution in [1.29, 1.82) is 0 Å². The van der Waals surface area contributed by atoms with Gasteiger partial charge < -0.3 is 20.8 Å². The van der Waals surface area contributed by atoms with E-state index in [2.05, 4.69) is 11.0 Å². The summed E-state index contributed by atoms with van der Waals surface area (Å²) in [7, 11) is 0. The Morgan fingerprint density at radius 2 is 1.47 bits per heavy atom. The van der Waals surface area contributed by atoms with Gasteiger partial charge in [-0.15, -0.1) is 0 Å². The number of nitrogens with zero attached hydrogens (tertiary/aromatic N) is 2. The van der Waals surface area contributed by atoms with Crippen LogP contribution in [0.1, 0.15) is 78.8 Å². The highest BCUT2D eigenvalue weighted by Gasteiger charge is 2.41. The number of amides is 2.